The predicted molar refractivity (Wildman–Crippen MR) is 83.0 cm³/mol. The highest BCUT2D eigenvalue weighted by atomic mass is 16.2. The zero-order valence-corrected chi connectivity index (χ0v) is 11.9. The fourth-order valence-electron chi connectivity index (χ4n) is 2.72. The van der Waals surface area contributed by atoms with Crippen LogP contribution < -0.4 is 10.6 Å². The average molecular weight is 281 g/mol. The van der Waals surface area contributed by atoms with E-state index in [4.69, 9.17) is 5.73 Å². The Hall–Kier alpha value is -2.20. The van der Waals surface area contributed by atoms with E-state index in [0.717, 1.165) is 18.7 Å². The van der Waals surface area contributed by atoms with Gasteiger partial charge in [0, 0.05) is 31.0 Å². The quantitative estimate of drug-likeness (QED) is 0.932. The molecule has 1 aromatic carbocycles. The summed E-state index contributed by atoms with van der Waals surface area (Å²) in [5.74, 6) is 0.460. The van der Waals surface area contributed by atoms with Crippen molar-refractivity contribution in [2.45, 2.75) is 12.8 Å². The number of pyridine rings is 1. The second kappa shape index (κ2) is 6.06. The molecule has 1 fully saturated rings. The summed E-state index contributed by atoms with van der Waals surface area (Å²) >= 11 is 0. The maximum absolute atomic E-state index is 12.0. The zero-order valence-electron chi connectivity index (χ0n) is 11.9. The molecule has 1 unspecified atom stereocenters. The largest absolute Gasteiger partial charge is 0.330 e. The Morgan fingerprint density at radius 1 is 1.10 bits per heavy atom. The van der Waals surface area contributed by atoms with Gasteiger partial charge in [-0.1, -0.05) is 12.1 Å². The lowest BCUT2D eigenvalue weighted by Gasteiger charge is -2.17. The van der Waals surface area contributed by atoms with Crippen LogP contribution in [0, 0.1) is 5.92 Å². The smallest absolute Gasteiger partial charge is 0.227 e. The van der Waals surface area contributed by atoms with Crippen molar-refractivity contribution in [3.05, 3.63) is 59.9 Å². The second-order valence-corrected chi connectivity index (χ2v) is 5.51. The lowest BCUT2D eigenvalue weighted by atomic mass is 10.1. The van der Waals surface area contributed by atoms with Gasteiger partial charge in [0.15, 0.2) is 0 Å². The first-order valence-electron chi connectivity index (χ1n) is 7.24. The van der Waals surface area contributed by atoms with Gasteiger partial charge in [-0.25, -0.2) is 0 Å². The first kappa shape index (κ1) is 13.8. The van der Waals surface area contributed by atoms with E-state index in [1.807, 2.05) is 29.2 Å². The van der Waals surface area contributed by atoms with E-state index >= 15 is 0 Å². The van der Waals surface area contributed by atoms with Crippen LogP contribution in [0.5, 0.6) is 0 Å². The van der Waals surface area contributed by atoms with Crippen molar-refractivity contribution >= 4 is 11.6 Å². The van der Waals surface area contributed by atoms with Crippen molar-refractivity contribution < 1.29 is 4.79 Å². The highest BCUT2D eigenvalue weighted by molar-refractivity contribution is 5.95. The van der Waals surface area contributed by atoms with Gasteiger partial charge in [-0.15, -0.1) is 0 Å². The molecule has 4 nitrogen and oxygen atoms in total. The van der Waals surface area contributed by atoms with E-state index in [0.29, 0.717) is 13.0 Å². The molecule has 1 aliphatic heterocycles. The van der Waals surface area contributed by atoms with E-state index < -0.39 is 0 Å². The molecule has 0 spiro atoms. The number of anilines is 1. The van der Waals surface area contributed by atoms with Crippen LogP contribution in [-0.2, 0) is 11.2 Å². The molecular formula is C17H19N3O. The van der Waals surface area contributed by atoms with Crippen molar-refractivity contribution in [2.24, 2.45) is 11.7 Å². The molecule has 1 saturated heterocycles. The third-order valence-electron chi connectivity index (χ3n) is 3.94. The molecule has 1 aliphatic rings. The lowest BCUT2D eigenvalue weighted by molar-refractivity contribution is -0.117. The van der Waals surface area contributed by atoms with Crippen LogP contribution in [0.4, 0.5) is 5.69 Å². The van der Waals surface area contributed by atoms with Gasteiger partial charge in [-0.2, -0.15) is 0 Å². The molecule has 0 bridgehead atoms. The van der Waals surface area contributed by atoms with Crippen LogP contribution in [-0.4, -0.2) is 24.0 Å². The summed E-state index contributed by atoms with van der Waals surface area (Å²) in [6.45, 7) is 1.31. The van der Waals surface area contributed by atoms with Crippen LogP contribution in [0.1, 0.15) is 17.5 Å². The predicted octanol–water partition coefficient (Wildman–Crippen LogP) is 1.98. The molecule has 0 saturated carbocycles. The Bertz CT molecular complexity index is 610. The van der Waals surface area contributed by atoms with Crippen LogP contribution in [0.2, 0.25) is 0 Å². The molecule has 2 aromatic rings. The van der Waals surface area contributed by atoms with Gasteiger partial charge in [-0.05, 0) is 54.3 Å². The topological polar surface area (TPSA) is 59.2 Å². The third-order valence-corrected chi connectivity index (χ3v) is 3.94. The summed E-state index contributed by atoms with van der Waals surface area (Å²) in [7, 11) is 0. The molecule has 4 heteroatoms. The summed E-state index contributed by atoms with van der Waals surface area (Å²) in [6.07, 6.45) is 5.05. The van der Waals surface area contributed by atoms with Crippen LogP contribution in [0.15, 0.2) is 48.8 Å². The Morgan fingerprint density at radius 2 is 1.76 bits per heavy atom. The van der Waals surface area contributed by atoms with Crippen LogP contribution in [0.3, 0.4) is 0 Å². The highest BCUT2D eigenvalue weighted by Gasteiger charge is 2.29. The van der Waals surface area contributed by atoms with Crippen molar-refractivity contribution in [3.63, 3.8) is 0 Å². The van der Waals surface area contributed by atoms with E-state index in [-0.39, 0.29) is 11.8 Å². The van der Waals surface area contributed by atoms with E-state index in [2.05, 4.69) is 17.1 Å². The van der Waals surface area contributed by atoms with Crippen molar-refractivity contribution in [2.75, 3.05) is 18.0 Å². The summed E-state index contributed by atoms with van der Waals surface area (Å²) in [5, 5.41) is 0. The van der Waals surface area contributed by atoms with Gasteiger partial charge >= 0.3 is 0 Å². The Kier molecular flexibility index (Phi) is 3.97. The summed E-state index contributed by atoms with van der Waals surface area (Å²) < 4.78 is 0. The minimum absolute atomic E-state index is 0.173. The maximum atomic E-state index is 12.0. The fraction of sp³-hybridized carbons (Fsp3) is 0.294. The van der Waals surface area contributed by atoms with Crippen molar-refractivity contribution in [1.29, 1.82) is 0 Å². The fourth-order valence-corrected chi connectivity index (χ4v) is 2.72. The maximum Gasteiger partial charge on any atom is 0.227 e. The number of aromatic nitrogens is 1. The first-order valence-corrected chi connectivity index (χ1v) is 7.24. The van der Waals surface area contributed by atoms with E-state index in [9.17, 15) is 4.79 Å². The molecule has 1 aromatic heterocycles. The number of hydrogen-bond acceptors (Lipinski definition) is 3. The molecule has 1 atom stereocenters. The second-order valence-electron chi connectivity index (χ2n) is 5.51. The molecule has 1 amide bonds. The minimum Gasteiger partial charge on any atom is -0.330 e. The molecule has 108 valence electrons. The summed E-state index contributed by atoms with van der Waals surface area (Å²) in [5.41, 5.74) is 9.09. The Labute approximate surface area is 124 Å². The van der Waals surface area contributed by atoms with Gasteiger partial charge in [0.1, 0.15) is 0 Å². The number of rotatable bonds is 4. The molecular weight excluding hydrogens is 262 g/mol. The molecule has 3 rings (SSSR count). The first-order chi connectivity index (χ1) is 10.3. The number of nitrogens with two attached hydrogens (primary N) is 1. The SMILES string of the molecule is NCC1CC(=O)N(c2ccc(Cc3ccncc3)cc2)C1. The van der Waals surface area contributed by atoms with Gasteiger partial charge in [0.25, 0.3) is 0 Å². The summed E-state index contributed by atoms with van der Waals surface area (Å²) in [4.78, 5) is 17.8. The summed E-state index contributed by atoms with van der Waals surface area (Å²) in [6, 6.07) is 12.2. The van der Waals surface area contributed by atoms with Gasteiger partial charge in [0.2, 0.25) is 5.91 Å². The molecule has 21 heavy (non-hydrogen) atoms. The van der Waals surface area contributed by atoms with Crippen molar-refractivity contribution in [3.8, 4) is 0 Å². The normalized spacial score (nSPS) is 18.2. The Balaban J connectivity index is 1.71. The third kappa shape index (κ3) is 3.11. The highest BCUT2D eigenvalue weighted by Crippen LogP contribution is 2.25. The zero-order chi connectivity index (χ0) is 14.7. The number of hydrogen-bond donors (Lipinski definition) is 1. The molecule has 0 radical (unpaired) electrons. The number of benzene rings is 1. The number of carbonyl (C=O) groups excluding carboxylic acids is 1. The van der Waals surface area contributed by atoms with Gasteiger partial charge in [-0.3, -0.25) is 9.78 Å². The molecule has 2 N–H and O–H groups in total. The standard InChI is InChI=1S/C17H19N3O/c18-11-15-10-17(21)20(12-15)16-3-1-13(2-4-16)9-14-5-7-19-8-6-14/h1-8,15H,9-12,18H2. The number of amides is 1. The van der Waals surface area contributed by atoms with E-state index in [1.165, 1.54) is 11.1 Å². The van der Waals surface area contributed by atoms with E-state index in [1.54, 1.807) is 12.4 Å². The number of carbonyl (C=O) groups is 1. The minimum atomic E-state index is 0.173. The average Bonchev–Trinajstić information content (AvgIpc) is 2.90. The van der Waals surface area contributed by atoms with Crippen LogP contribution >= 0.6 is 0 Å². The number of nitrogens with zero attached hydrogens (tertiary/aromatic N) is 2. The lowest BCUT2D eigenvalue weighted by Crippen LogP contribution is -2.25. The van der Waals surface area contributed by atoms with Crippen LogP contribution in [0.25, 0.3) is 0 Å². The monoisotopic (exact) mass is 281 g/mol. The van der Waals surface area contributed by atoms with Crippen molar-refractivity contribution in [1.82, 2.24) is 4.98 Å². The van der Waals surface area contributed by atoms with Gasteiger partial charge in [0.05, 0.1) is 0 Å². The molecule has 0 aliphatic carbocycles. The molecule has 2 heterocycles. The van der Waals surface area contributed by atoms with Gasteiger partial charge < -0.3 is 10.6 Å². The Morgan fingerprint density at radius 3 is 2.38 bits per heavy atom.